The minimum atomic E-state index is -1.76. The summed E-state index contributed by atoms with van der Waals surface area (Å²) in [6.07, 6.45) is 1.17. The van der Waals surface area contributed by atoms with Gasteiger partial charge in [-0.05, 0) is 42.5 Å². The molecule has 2 aromatic rings. The molecule has 0 unspecified atom stereocenters. The number of aliphatic hydroxyl groups excluding tert-OH is 1. The van der Waals surface area contributed by atoms with Gasteiger partial charge in [0.05, 0.1) is 6.04 Å². The monoisotopic (exact) mass is 426 g/mol. The van der Waals surface area contributed by atoms with Gasteiger partial charge in [-0.3, -0.25) is 9.59 Å². The Hall–Kier alpha value is -3.19. The first-order valence-corrected chi connectivity index (χ1v) is 10.5. The molecule has 0 heterocycles. The van der Waals surface area contributed by atoms with E-state index in [1.54, 1.807) is 42.5 Å². The quantitative estimate of drug-likeness (QED) is 0.440. The number of carboxylic acids is 1. The highest BCUT2D eigenvalue weighted by molar-refractivity contribution is 5.98. The van der Waals surface area contributed by atoms with Crippen molar-refractivity contribution in [3.05, 3.63) is 65.2 Å². The number of aryl methyl sites for hydroxylation is 1. The maximum Gasteiger partial charge on any atom is 0.334 e. The molecule has 0 saturated carbocycles. The predicted molar refractivity (Wildman–Crippen MR) is 119 cm³/mol. The second kappa shape index (κ2) is 11.9. The van der Waals surface area contributed by atoms with Gasteiger partial charge in [-0.1, -0.05) is 56.7 Å². The third-order valence-electron chi connectivity index (χ3n) is 5.03. The van der Waals surface area contributed by atoms with Crippen molar-refractivity contribution in [1.82, 2.24) is 5.32 Å². The van der Waals surface area contributed by atoms with Gasteiger partial charge in [0.25, 0.3) is 5.91 Å². The number of carbonyl (C=O) groups excluding carboxylic acids is 2. The Balaban J connectivity index is 2.21. The van der Waals surface area contributed by atoms with Gasteiger partial charge >= 0.3 is 5.97 Å². The fourth-order valence-corrected chi connectivity index (χ4v) is 3.23. The van der Waals surface area contributed by atoms with Crippen LogP contribution in [-0.2, 0) is 22.4 Å². The van der Waals surface area contributed by atoms with E-state index in [1.807, 2.05) is 19.9 Å². The molecular weight excluding hydrogens is 396 g/mol. The molecule has 31 heavy (non-hydrogen) atoms. The van der Waals surface area contributed by atoms with Gasteiger partial charge in [0.15, 0.2) is 6.10 Å². The number of hydrogen-bond acceptors (Lipinski definition) is 4. The summed E-state index contributed by atoms with van der Waals surface area (Å²) in [5.74, 6) is -2.04. The summed E-state index contributed by atoms with van der Waals surface area (Å²) in [4.78, 5) is 36.4. The smallest absolute Gasteiger partial charge is 0.334 e. The molecule has 4 N–H and O–H groups in total. The van der Waals surface area contributed by atoms with E-state index in [0.29, 0.717) is 18.5 Å². The van der Waals surface area contributed by atoms with E-state index in [9.17, 15) is 24.6 Å². The molecule has 0 bridgehead atoms. The summed E-state index contributed by atoms with van der Waals surface area (Å²) in [7, 11) is 0. The van der Waals surface area contributed by atoms with E-state index in [0.717, 1.165) is 24.0 Å². The van der Waals surface area contributed by atoms with E-state index in [2.05, 4.69) is 10.6 Å². The lowest BCUT2D eigenvalue weighted by Crippen LogP contribution is -2.48. The number of carbonyl (C=O) groups is 3. The normalized spacial score (nSPS) is 12.6. The Morgan fingerprint density at radius 1 is 1.03 bits per heavy atom. The van der Waals surface area contributed by atoms with Crippen LogP contribution in [0.5, 0.6) is 0 Å². The Bertz CT molecular complexity index is 898. The number of anilines is 1. The Morgan fingerprint density at radius 2 is 1.74 bits per heavy atom. The Labute approximate surface area is 182 Å². The number of benzene rings is 2. The average Bonchev–Trinajstić information content (AvgIpc) is 2.77. The zero-order valence-corrected chi connectivity index (χ0v) is 17.9. The number of nitrogens with one attached hydrogen (secondary N) is 2. The van der Waals surface area contributed by atoms with Crippen LogP contribution in [0.25, 0.3) is 0 Å². The van der Waals surface area contributed by atoms with Gasteiger partial charge in [-0.15, -0.1) is 0 Å². The zero-order chi connectivity index (χ0) is 22.8. The summed E-state index contributed by atoms with van der Waals surface area (Å²) < 4.78 is 0. The van der Waals surface area contributed by atoms with Crippen LogP contribution < -0.4 is 10.6 Å². The molecule has 0 aliphatic carbocycles. The molecule has 166 valence electrons. The van der Waals surface area contributed by atoms with Crippen molar-refractivity contribution < 1.29 is 24.6 Å². The van der Waals surface area contributed by atoms with Crippen molar-refractivity contribution >= 4 is 23.5 Å². The minimum absolute atomic E-state index is 0.114. The summed E-state index contributed by atoms with van der Waals surface area (Å²) in [5.41, 5.74) is 2.53. The minimum Gasteiger partial charge on any atom is -0.479 e. The van der Waals surface area contributed by atoms with Crippen LogP contribution in [0.4, 0.5) is 5.69 Å². The van der Waals surface area contributed by atoms with Crippen molar-refractivity contribution in [3.8, 4) is 0 Å². The second-order valence-electron chi connectivity index (χ2n) is 7.43. The van der Waals surface area contributed by atoms with Crippen molar-refractivity contribution in [3.63, 3.8) is 0 Å². The third-order valence-corrected chi connectivity index (χ3v) is 5.03. The number of unbranched alkanes of at least 4 members (excludes halogenated alkanes) is 1. The van der Waals surface area contributed by atoms with Crippen LogP contribution >= 0.6 is 0 Å². The maximum absolute atomic E-state index is 12.9. The molecular formula is C24H30N2O5. The molecule has 2 rings (SSSR count). The summed E-state index contributed by atoms with van der Waals surface area (Å²) in [6.45, 7) is 3.96. The van der Waals surface area contributed by atoms with Crippen LogP contribution in [0, 0.1) is 0 Å². The number of amides is 2. The van der Waals surface area contributed by atoms with E-state index in [4.69, 9.17) is 0 Å². The number of aliphatic hydroxyl groups is 1. The van der Waals surface area contributed by atoms with Gasteiger partial charge < -0.3 is 20.8 Å². The molecule has 0 aliphatic heterocycles. The molecule has 2 amide bonds. The van der Waals surface area contributed by atoms with Crippen molar-refractivity contribution in [1.29, 1.82) is 0 Å². The summed E-state index contributed by atoms with van der Waals surface area (Å²) in [6, 6.07) is 13.0. The molecule has 7 nitrogen and oxygen atoms in total. The summed E-state index contributed by atoms with van der Waals surface area (Å²) >= 11 is 0. The van der Waals surface area contributed by atoms with Crippen LogP contribution in [0.3, 0.4) is 0 Å². The van der Waals surface area contributed by atoms with E-state index >= 15 is 0 Å². The first kappa shape index (κ1) is 24.1. The van der Waals surface area contributed by atoms with E-state index in [-0.39, 0.29) is 17.9 Å². The number of aliphatic carboxylic acids is 1. The maximum atomic E-state index is 12.9. The highest BCUT2D eigenvalue weighted by atomic mass is 16.4. The Kier molecular flexibility index (Phi) is 9.21. The van der Waals surface area contributed by atoms with Crippen molar-refractivity contribution in [2.75, 3.05) is 5.32 Å². The predicted octanol–water partition coefficient (Wildman–Crippen LogP) is 3.16. The molecule has 0 aromatic heterocycles. The Morgan fingerprint density at radius 3 is 2.35 bits per heavy atom. The topological polar surface area (TPSA) is 116 Å². The average molecular weight is 427 g/mol. The lowest BCUT2D eigenvalue weighted by atomic mass is 10.00. The van der Waals surface area contributed by atoms with Crippen molar-refractivity contribution in [2.45, 2.75) is 58.1 Å². The largest absolute Gasteiger partial charge is 0.479 e. The molecule has 2 atom stereocenters. The lowest BCUT2D eigenvalue weighted by molar-refractivity contribution is -0.148. The fraction of sp³-hybridized carbons (Fsp3) is 0.375. The molecule has 2 aromatic carbocycles. The summed E-state index contributed by atoms with van der Waals surface area (Å²) in [5, 5.41) is 24.9. The third kappa shape index (κ3) is 7.22. The van der Waals surface area contributed by atoms with Crippen LogP contribution in [-0.4, -0.2) is 40.1 Å². The van der Waals surface area contributed by atoms with Gasteiger partial charge in [-0.25, -0.2) is 4.79 Å². The van der Waals surface area contributed by atoms with E-state index in [1.165, 1.54) is 0 Å². The van der Waals surface area contributed by atoms with Gasteiger partial charge in [-0.2, -0.15) is 0 Å². The van der Waals surface area contributed by atoms with E-state index < -0.39 is 24.0 Å². The lowest BCUT2D eigenvalue weighted by Gasteiger charge is -2.22. The molecule has 7 heteroatoms. The molecule has 0 fully saturated rings. The molecule has 0 radical (unpaired) electrons. The zero-order valence-electron chi connectivity index (χ0n) is 17.9. The highest BCUT2D eigenvalue weighted by Gasteiger charge is 2.28. The van der Waals surface area contributed by atoms with Gasteiger partial charge in [0, 0.05) is 17.7 Å². The molecule has 0 aliphatic rings. The standard InChI is InChI=1S/C24H30N2O5/c1-3-5-11-21(27)25-19-15-18(13-12-17(19)4-2)23(29)26-20(22(28)24(30)31)14-16-9-7-6-8-10-16/h6-10,12-13,15,20,22,28H,3-5,11,14H2,1-2H3,(H,25,27)(H,26,29)(H,30,31)/t20-,22-/m1/s1. The number of rotatable bonds is 11. The fourth-order valence-electron chi connectivity index (χ4n) is 3.23. The van der Waals surface area contributed by atoms with Crippen LogP contribution in [0.2, 0.25) is 0 Å². The van der Waals surface area contributed by atoms with Gasteiger partial charge in [0.2, 0.25) is 5.91 Å². The number of carboxylic acid groups (broad SMARTS) is 1. The highest BCUT2D eigenvalue weighted by Crippen LogP contribution is 2.20. The van der Waals surface area contributed by atoms with Gasteiger partial charge in [0.1, 0.15) is 0 Å². The van der Waals surface area contributed by atoms with Crippen LogP contribution in [0.15, 0.2) is 48.5 Å². The number of hydrogen-bond donors (Lipinski definition) is 4. The first-order chi connectivity index (χ1) is 14.8. The first-order valence-electron chi connectivity index (χ1n) is 10.5. The SMILES string of the molecule is CCCCC(=O)Nc1cc(C(=O)N[C@H](Cc2ccccc2)[C@@H](O)C(=O)O)ccc1CC. The van der Waals surface area contributed by atoms with Crippen LogP contribution in [0.1, 0.15) is 54.6 Å². The molecule has 0 spiro atoms. The molecule has 0 saturated heterocycles. The van der Waals surface area contributed by atoms with Crippen molar-refractivity contribution in [2.24, 2.45) is 0 Å². The second-order valence-corrected chi connectivity index (χ2v) is 7.43.